The van der Waals surface area contributed by atoms with Crippen molar-refractivity contribution in [3.63, 3.8) is 0 Å². The molecule has 5 nitrogen and oxygen atoms in total. The molecule has 2 amide bonds. The number of carbonyl (C=O) groups excluding carboxylic acids is 2. The van der Waals surface area contributed by atoms with Crippen LogP contribution in [-0.4, -0.2) is 36.4 Å². The van der Waals surface area contributed by atoms with Crippen molar-refractivity contribution in [1.29, 1.82) is 0 Å². The molecular formula is C14H18N2O3. The Morgan fingerprint density at radius 2 is 2.00 bits per heavy atom. The quantitative estimate of drug-likeness (QED) is 0.901. The van der Waals surface area contributed by atoms with E-state index >= 15 is 0 Å². The van der Waals surface area contributed by atoms with Gasteiger partial charge in [0.25, 0.3) is 0 Å². The largest absolute Gasteiger partial charge is 0.497 e. The zero-order valence-electron chi connectivity index (χ0n) is 11.2. The minimum absolute atomic E-state index is 0.0487. The van der Waals surface area contributed by atoms with E-state index in [1.165, 1.54) is 6.92 Å². The van der Waals surface area contributed by atoms with E-state index in [-0.39, 0.29) is 17.9 Å². The Hall–Kier alpha value is -2.04. The van der Waals surface area contributed by atoms with Gasteiger partial charge in [-0.1, -0.05) is 0 Å². The second kappa shape index (κ2) is 5.73. The van der Waals surface area contributed by atoms with Crippen LogP contribution in [0.1, 0.15) is 19.8 Å². The van der Waals surface area contributed by atoms with E-state index in [1.54, 1.807) is 36.3 Å². The third-order valence-corrected chi connectivity index (χ3v) is 3.32. The predicted octanol–water partition coefficient (Wildman–Crippen LogP) is 1.64. The molecule has 1 fully saturated rings. The van der Waals surface area contributed by atoms with Gasteiger partial charge in [-0.25, -0.2) is 0 Å². The van der Waals surface area contributed by atoms with E-state index in [0.29, 0.717) is 12.2 Å². The summed E-state index contributed by atoms with van der Waals surface area (Å²) >= 11 is 0. The van der Waals surface area contributed by atoms with Crippen molar-refractivity contribution in [1.82, 2.24) is 4.90 Å². The highest BCUT2D eigenvalue weighted by atomic mass is 16.5. The van der Waals surface area contributed by atoms with Gasteiger partial charge in [-0.3, -0.25) is 9.59 Å². The van der Waals surface area contributed by atoms with Gasteiger partial charge in [0, 0.05) is 19.2 Å². The Balaban J connectivity index is 2.01. The third-order valence-electron chi connectivity index (χ3n) is 3.32. The molecule has 0 bridgehead atoms. The number of amides is 2. The first-order valence-electron chi connectivity index (χ1n) is 6.34. The number of likely N-dealkylation sites (tertiary alicyclic amines) is 1. The van der Waals surface area contributed by atoms with Crippen molar-refractivity contribution in [3.05, 3.63) is 24.3 Å². The first kappa shape index (κ1) is 13.4. The minimum Gasteiger partial charge on any atom is -0.497 e. The van der Waals surface area contributed by atoms with Crippen molar-refractivity contribution in [2.24, 2.45) is 0 Å². The fourth-order valence-electron chi connectivity index (χ4n) is 2.32. The molecule has 0 spiro atoms. The topological polar surface area (TPSA) is 58.6 Å². The van der Waals surface area contributed by atoms with Gasteiger partial charge in [0.05, 0.1) is 7.11 Å². The maximum atomic E-state index is 12.1. The number of benzene rings is 1. The molecule has 1 heterocycles. The molecule has 0 unspecified atom stereocenters. The summed E-state index contributed by atoms with van der Waals surface area (Å²) in [6.07, 6.45) is 1.60. The molecule has 1 N–H and O–H groups in total. The van der Waals surface area contributed by atoms with Gasteiger partial charge in [0.2, 0.25) is 11.8 Å². The summed E-state index contributed by atoms with van der Waals surface area (Å²) in [6, 6.07) is 6.78. The maximum absolute atomic E-state index is 12.1. The Kier molecular flexibility index (Phi) is 4.04. The number of hydrogen-bond donors (Lipinski definition) is 1. The SMILES string of the molecule is COc1ccc(NC(=O)[C@@H]2CCCN2C(C)=O)cc1. The molecule has 1 aromatic carbocycles. The lowest BCUT2D eigenvalue weighted by Crippen LogP contribution is -2.42. The molecule has 0 saturated carbocycles. The zero-order valence-corrected chi connectivity index (χ0v) is 11.2. The first-order chi connectivity index (χ1) is 9.11. The normalized spacial score (nSPS) is 18.2. The lowest BCUT2D eigenvalue weighted by molar-refractivity contribution is -0.134. The second-order valence-electron chi connectivity index (χ2n) is 4.59. The molecule has 0 aliphatic carbocycles. The van der Waals surface area contributed by atoms with E-state index in [2.05, 4.69) is 5.32 Å². The molecule has 1 atom stereocenters. The average molecular weight is 262 g/mol. The van der Waals surface area contributed by atoms with Crippen molar-refractivity contribution in [2.45, 2.75) is 25.8 Å². The van der Waals surface area contributed by atoms with E-state index in [1.807, 2.05) is 0 Å². The van der Waals surface area contributed by atoms with Gasteiger partial charge in [-0.05, 0) is 37.1 Å². The van der Waals surface area contributed by atoms with Crippen LogP contribution in [-0.2, 0) is 9.59 Å². The number of anilines is 1. The Morgan fingerprint density at radius 1 is 1.32 bits per heavy atom. The minimum atomic E-state index is -0.348. The van der Waals surface area contributed by atoms with E-state index in [4.69, 9.17) is 4.74 Å². The molecule has 2 rings (SSSR count). The lowest BCUT2D eigenvalue weighted by Gasteiger charge is -2.22. The van der Waals surface area contributed by atoms with E-state index in [9.17, 15) is 9.59 Å². The van der Waals surface area contributed by atoms with Crippen LogP contribution < -0.4 is 10.1 Å². The smallest absolute Gasteiger partial charge is 0.247 e. The predicted molar refractivity (Wildman–Crippen MR) is 72.0 cm³/mol. The van der Waals surface area contributed by atoms with Crippen molar-refractivity contribution in [2.75, 3.05) is 19.0 Å². The van der Waals surface area contributed by atoms with Crippen LogP contribution in [0.4, 0.5) is 5.69 Å². The highest BCUT2D eigenvalue weighted by molar-refractivity contribution is 5.97. The number of rotatable bonds is 3. The van der Waals surface area contributed by atoms with Crippen LogP contribution >= 0.6 is 0 Å². The Morgan fingerprint density at radius 3 is 2.58 bits per heavy atom. The summed E-state index contributed by atoms with van der Waals surface area (Å²) in [4.78, 5) is 25.2. The van der Waals surface area contributed by atoms with Gasteiger partial charge in [-0.2, -0.15) is 0 Å². The molecule has 1 aliphatic rings. The summed E-state index contributed by atoms with van der Waals surface area (Å²) in [6.45, 7) is 2.16. The van der Waals surface area contributed by atoms with Gasteiger partial charge in [-0.15, -0.1) is 0 Å². The van der Waals surface area contributed by atoms with Crippen LogP contribution in [0.3, 0.4) is 0 Å². The molecule has 1 aliphatic heterocycles. The number of nitrogens with zero attached hydrogens (tertiary/aromatic N) is 1. The monoisotopic (exact) mass is 262 g/mol. The fraction of sp³-hybridized carbons (Fsp3) is 0.429. The number of hydrogen-bond acceptors (Lipinski definition) is 3. The molecule has 19 heavy (non-hydrogen) atoms. The summed E-state index contributed by atoms with van der Waals surface area (Å²) < 4.78 is 5.06. The molecular weight excluding hydrogens is 244 g/mol. The standard InChI is InChI=1S/C14H18N2O3/c1-10(17)16-9-3-4-13(16)14(18)15-11-5-7-12(19-2)8-6-11/h5-8,13H,3-4,9H2,1-2H3,(H,15,18)/t13-/m0/s1. The number of carbonyl (C=O) groups is 2. The maximum Gasteiger partial charge on any atom is 0.247 e. The van der Waals surface area contributed by atoms with Crippen molar-refractivity contribution in [3.8, 4) is 5.75 Å². The second-order valence-corrected chi connectivity index (χ2v) is 4.59. The van der Waals surface area contributed by atoms with E-state index in [0.717, 1.165) is 18.6 Å². The molecule has 5 heteroatoms. The highest BCUT2D eigenvalue weighted by Crippen LogP contribution is 2.20. The molecule has 1 aromatic rings. The van der Waals surface area contributed by atoms with Gasteiger partial charge in [0.1, 0.15) is 11.8 Å². The van der Waals surface area contributed by atoms with Crippen LogP contribution in [0.5, 0.6) is 5.75 Å². The Bertz CT molecular complexity index is 470. The summed E-state index contributed by atoms with van der Waals surface area (Å²) in [5.74, 6) is 0.564. The third kappa shape index (κ3) is 3.05. The Labute approximate surface area is 112 Å². The highest BCUT2D eigenvalue weighted by Gasteiger charge is 2.32. The molecule has 0 aromatic heterocycles. The van der Waals surface area contributed by atoms with Crippen molar-refractivity contribution >= 4 is 17.5 Å². The van der Waals surface area contributed by atoms with Gasteiger partial charge < -0.3 is 15.0 Å². The molecule has 1 saturated heterocycles. The molecule has 0 radical (unpaired) electrons. The zero-order chi connectivity index (χ0) is 13.8. The average Bonchev–Trinajstić information content (AvgIpc) is 2.89. The summed E-state index contributed by atoms with van der Waals surface area (Å²) in [5.41, 5.74) is 0.709. The number of nitrogens with one attached hydrogen (secondary N) is 1. The number of ether oxygens (including phenoxy) is 1. The van der Waals surface area contributed by atoms with Crippen LogP contribution in [0.15, 0.2) is 24.3 Å². The summed E-state index contributed by atoms with van der Waals surface area (Å²) in [5, 5.41) is 2.83. The van der Waals surface area contributed by atoms with Crippen molar-refractivity contribution < 1.29 is 14.3 Å². The fourth-order valence-corrected chi connectivity index (χ4v) is 2.32. The van der Waals surface area contributed by atoms with E-state index < -0.39 is 0 Å². The van der Waals surface area contributed by atoms with Crippen LogP contribution in [0.25, 0.3) is 0 Å². The molecule has 102 valence electrons. The van der Waals surface area contributed by atoms with Gasteiger partial charge >= 0.3 is 0 Å². The number of methoxy groups -OCH3 is 1. The lowest BCUT2D eigenvalue weighted by atomic mass is 10.2. The summed E-state index contributed by atoms with van der Waals surface area (Å²) in [7, 11) is 1.59. The van der Waals surface area contributed by atoms with Crippen LogP contribution in [0, 0.1) is 0 Å². The first-order valence-corrected chi connectivity index (χ1v) is 6.34. The van der Waals surface area contributed by atoms with Crippen LogP contribution in [0.2, 0.25) is 0 Å². The van der Waals surface area contributed by atoms with Gasteiger partial charge in [0.15, 0.2) is 0 Å².